The largest absolute Gasteiger partial charge is 0.356 e. The maximum absolute atomic E-state index is 6.22. The number of hydrogen-bond donors (Lipinski definition) is 0. The molecule has 0 radical (unpaired) electrons. The van der Waals surface area contributed by atoms with Gasteiger partial charge in [-0.3, -0.25) is 0 Å². The predicted octanol–water partition coefficient (Wildman–Crippen LogP) is 4.02. The summed E-state index contributed by atoms with van der Waals surface area (Å²) in [4.78, 5) is 11.4. The first-order chi connectivity index (χ1) is 8.63. The van der Waals surface area contributed by atoms with Crippen LogP contribution in [0.15, 0.2) is 0 Å². The molecule has 102 valence electrons. The van der Waals surface area contributed by atoms with Gasteiger partial charge in [-0.2, -0.15) is 0 Å². The molecular weight excluding hydrogens is 246 g/mol. The monoisotopic (exact) mass is 269 g/mol. The maximum atomic E-state index is 6.22. The topological polar surface area (TPSA) is 29.0 Å². The Hall–Kier alpha value is -0.830. The second-order valence-electron chi connectivity index (χ2n) is 4.62. The fraction of sp³-hybridized carbons (Fsp3) is 0.714. The summed E-state index contributed by atoms with van der Waals surface area (Å²) in [5.74, 6) is 1.88. The summed E-state index contributed by atoms with van der Waals surface area (Å²) in [6.45, 7) is 10.6. The average molecular weight is 270 g/mol. The van der Waals surface area contributed by atoms with Crippen LogP contribution in [0.1, 0.15) is 51.4 Å². The third kappa shape index (κ3) is 3.84. The second-order valence-corrected chi connectivity index (χ2v) is 4.97. The minimum Gasteiger partial charge on any atom is -0.356 e. The van der Waals surface area contributed by atoms with E-state index < -0.39 is 0 Å². The number of nitrogens with zero attached hydrogens (tertiary/aromatic N) is 3. The van der Waals surface area contributed by atoms with Crippen LogP contribution in [0, 0.1) is 6.92 Å². The highest BCUT2D eigenvalue weighted by molar-refractivity contribution is 6.30. The van der Waals surface area contributed by atoms with Gasteiger partial charge in [-0.25, -0.2) is 9.97 Å². The molecule has 0 bridgehead atoms. The molecule has 0 aromatic carbocycles. The zero-order chi connectivity index (χ0) is 13.5. The minimum atomic E-state index is 0.598. The van der Waals surface area contributed by atoms with Gasteiger partial charge in [0.1, 0.15) is 16.8 Å². The van der Waals surface area contributed by atoms with Gasteiger partial charge in [0.2, 0.25) is 0 Å². The summed E-state index contributed by atoms with van der Waals surface area (Å²) in [5, 5.41) is 0.598. The molecule has 1 aromatic heterocycles. The van der Waals surface area contributed by atoms with Gasteiger partial charge in [-0.1, -0.05) is 32.4 Å². The second kappa shape index (κ2) is 7.57. The molecule has 0 aliphatic rings. The molecule has 1 aromatic rings. The van der Waals surface area contributed by atoms with Gasteiger partial charge in [0.05, 0.1) is 0 Å². The van der Waals surface area contributed by atoms with Crippen LogP contribution in [0.25, 0.3) is 0 Å². The van der Waals surface area contributed by atoms with E-state index in [2.05, 4.69) is 30.7 Å². The molecule has 1 rings (SSSR count). The molecule has 1 heterocycles. The third-order valence-corrected chi connectivity index (χ3v) is 3.24. The summed E-state index contributed by atoms with van der Waals surface area (Å²) < 4.78 is 0. The van der Waals surface area contributed by atoms with Crippen molar-refractivity contribution in [3.05, 3.63) is 16.5 Å². The van der Waals surface area contributed by atoms with Crippen molar-refractivity contribution in [2.75, 3.05) is 18.0 Å². The van der Waals surface area contributed by atoms with Gasteiger partial charge in [0.25, 0.3) is 0 Å². The average Bonchev–Trinajstić information content (AvgIpc) is 2.34. The lowest BCUT2D eigenvalue weighted by atomic mass is 10.2. The van der Waals surface area contributed by atoms with E-state index >= 15 is 0 Å². The number of aryl methyl sites for hydroxylation is 1. The lowest BCUT2D eigenvalue weighted by Gasteiger charge is -2.25. The molecule has 3 nitrogen and oxygen atoms in total. The summed E-state index contributed by atoms with van der Waals surface area (Å²) in [6.07, 6.45) is 4.16. The third-order valence-electron chi connectivity index (χ3n) is 2.87. The zero-order valence-corrected chi connectivity index (χ0v) is 12.7. The van der Waals surface area contributed by atoms with Gasteiger partial charge in [0, 0.05) is 25.1 Å². The maximum Gasteiger partial charge on any atom is 0.137 e. The molecule has 0 spiro atoms. The van der Waals surface area contributed by atoms with Crippen LogP contribution in [-0.4, -0.2) is 23.1 Å². The van der Waals surface area contributed by atoms with Crippen LogP contribution in [0.5, 0.6) is 0 Å². The molecule has 18 heavy (non-hydrogen) atoms. The van der Waals surface area contributed by atoms with Crippen LogP contribution in [0.4, 0.5) is 5.82 Å². The van der Waals surface area contributed by atoms with E-state index in [9.17, 15) is 0 Å². The van der Waals surface area contributed by atoms with Gasteiger partial charge in [-0.15, -0.1) is 0 Å². The predicted molar refractivity (Wildman–Crippen MR) is 78.6 cm³/mol. The quantitative estimate of drug-likeness (QED) is 0.700. The smallest absolute Gasteiger partial charge is 0.137 e. The van der Waals surface area contributed by atoms with E-state index in [0.717, 1.165) is 56.0 Å². The number of aromatic nitrogens is 2. The lowest BCUT2D eigenvalue weighted by Crippen LogP contribution is -2.27. The van der Waals surface area contributed by atoms with Crippen LogP contribution in [-0.2, 0) is 6.42 Å². The van der Waals surface area contributed by atoms with Gasteiger partial charge < -0.3 is 4.90 Å². The number of halogens is 1. The van der Waals surface area contributed by atoms with Crippen LogP contribution in [0.3, 0.4) is 0 Å². The fourth-order valence-corrected chi connectivity index (χ4v) is 2.21. The highest BCUT2D eigenvalue weighted by atomic mass is 35.5. The SMILES string of the molecule is CCCc1nc(Cl)c(C)c(N(CCC)CCC)n1. The fourth-order valence-electron chi connectivity index (χ4n) is 2.03. The van der Waals surface area contributed by atoms with Crippen LogP contribution < -0.4 is 4.90 Å². The number of rotatable bonds is 7. The Morgan fingerprint density at radius 3 is 2.11 bits per heavy atom. The van der Waals surface area contributed by atoms with Crippen molar-refractivity contribution >= 4 is 17.4 Å². The summed E-state index contributed by atoms with van der Waals surface area (Å²) in [7, 11) is 0. The van der Waals surface area contributed by atoms with Gasteiger partial charge in [-0.05, 0) is 26.2 Å². The van der Waals surface area contributed by atoms with Gasteiger partial charge in [0.15, 0.2) is 0 Å². The zero-order valence-electron chi connectivity index (χ0n) is 12.0. The van der Waals surface area contributed by atoms with Crippen molar-refractivity contribution in [1.29, 1.82) is 0 Å². The lowest BCUT2D eigenvalue weighted by molar-refractivity contribution is 0.720. The normalized spacial score (nSPS) is 10.7. The van der Waals surface area contributed by atoms with Crippen molar-refractivity contribution in [3.63, 3.8) is 0 Å². The van der Waals surface area contributed by atoms with E-state index in [-0.39, 0.29) is 0 Å². The number of anilines is 1. The van der Waals surface area contributed by atoms with E-state index in [0.29, 0.717) is 5.15 Å². The molecule has 0 fully saturated rings. The Morgan fingerprint density at radius 1 is 1.00 bits per heavy atom. The van der Waals surface area contributed by atoms with Crippen molar-refractivity contribution < 1.29 is 0 Å². The standard InChI is InChI=1S/C14H24ClN3/c1-5-8-12-16-13(15)11(4)14(17-12)18(9-6-2)10-7-3/h5-10H2,1-4H3. The van der Waals surface area contributed by atoms with Crippen molar-refractivity contribution in [2.24, 2.45) is 0 Å². The van der Waals surface area contributed by atoms with E-state index in [4.69, 9.17) is 16.6 Å². The summed E-state index contributed by atoms with van der Waals surface area (Å²) >= 11 is 6.22. The molecule has 0 aliphatic heterocycles. The Labute approximate surface area is 116 Å². The van der Waals surface area contributed by atoms with Crippen molar-refractivity contribution in [1.82, 2.24) is 9.97 Å². The van der Waals surface area contributed by atoms with Crippen molar-refractivity contribution in [2.45, 2.75) is 53.4 Å². The van der Waals surface area contributed by atoms with Crippen molar-refractivity contribution in [3.8, 4) is 0 Å². The van der Waals surface area contributed by atoms with E-state index in [1.54, 1.807) is 0 Å². The van der Waals surface area contributed by atoms with Crippen LogP contribution in [0.2, 0.25) is 5.15 Å². The summed E-state index contributed by atoms with van der Waals surface area (Å²) in [5.41, 5.74) is 0.999. The Balaban J connectivity index is 3.09. The Morgan fingerprint density at radius 2 is 1.61 bits per heavy atom. The first-order valence-electron chi connectivity index (χ1n) is 6.91. The molecule has 0 unspecified atom stereocenters. The summed E-state index contributed by atoms with van der Waals surface area (Å²) in [6, 6.07) is 0. The van der Waals surface area contributed by atoms with E-state index in [1.807, 2.05) is 6.92 Å². The molecule has 0 N–H and O–H groups in total. The molecule has 4 heteroatoms. The first-order valence-corrected chi connectivity index (χ1v) is 7.29. The van der Waals surface area contributed by atoms with Gasteiger partial charge >= 0.3 is 0 Å². The first kappa shape index (κ1) is 15.2. The minimum absolute atomic E-state index is 0.598. The molecule has 0 aliphatic carbocycles. The Bertz CT molecular complexity index is 374. The van der Waals surface area contributed by atoms with E-state index in [1.165, 1.54) is 0 Å². The molecule has 0 amide bonds. The van der Waals surface area contributed by atoms with Crippen LogP contribution >= 0.6 is 11.6 Å². The number of hydrogen-bond acceptors (Lipinski definition) is 3. The highest BCUT2D eigenvalue weighted by Gasteiger charge is 2.14. The molecule has 0 atom stereocenters. The highest BCUT2D eigenvalue weighted by Crippen LogP contribution is 2.24. The molecule has 0 saturated carbocycles. The molecular formula is C14H24ClN3. The Kier molecular flexibility index (Phi) is 6.41. The molecule has 0 saturated heterocycles.